The molecule has 3 heterocycles. The molecule has 0 aromatic carbocycles. The van der Waals surface area contributed by atoms with Gasteiger partial charge in [0, 0.05) is 50.6 Å². The van der Waals surface area contributed by atoms with E-state index in [0.29, 0.717) is 30.4 Å². The van der Waals surface area contributed by atoms with Gasteiger partial charge < -0.3 is 15.0 Å². The summed E-state index contributed by atoms with van der Waals surface area (Å²) in [5.74, 6) is 1.20. The Morgan fingerprint density at radius 1 is 1.29 bits per heavy atom. The maximum absolute atomic E-state index is 12.3. The lowest BCUT2D eigenvalue weighted by atomic mass is 9.78. The fourth-order valence-corrected chi connectivity index (χ4v) is 4.36. The predicted octanol–water partition coefficient (Wildman–Crippen LogP) is 3.04. The van der Waals surface area contributed by atoms with E-state index in [9.17, 15) is 9.59 Å². The van der Waals surface area contributed by atoms with E-state index >= 15 is 0 Å². The molecule has 1 spiro atoms. The number of hydrogen-bond acceptors (Lipinski definition) is 4. The number of carbonyl (C=O) groups excluding carboxylic acids is 2. The number of ether oxygens (including phenoxy) is 1. The van der Waals surface area contributed by atoms with Crippen molar-refractivity contribution in [1.29, 1.82) is 0 Å². The summed E-state index contributed by atoms with van der Waals surface area (Å²) in [7, 11) is 0. The minimum atomic E-state index is -0.0768. The monoisotopic (exact) mass is 387 g/mol. The Morgan fingerprint density at radius 2 is 2.00 bits per heavy atom. The van der Waals surface area contributed by atoms with Crippen molar-refractivity contribution in [2.45, 2.75) is 58.0 Å². The van der Waals surface area contributed by atoms with Crippen molar-refractivity contribution in [3.8, 4) is 0 Å². The second-order valence-corrected chi connectivity index (χ2v) is 8.65. The number of likely N-dealkylation sites (tertiary alicyclic amines) is 1. The highest BCUT2D eigenvalue weighted by atomic mass is 16.5. The number of aromatic nitrogens is 1. The summed E-state index contributed by atoms with van der Waals surface area (Å²) in [6.45, 7) is 7.25. The molecule has 2 fully saturated rings. The van der Waals surface area contributed by atoms with Crippen molar-refractivity contribution in [3.63, 3.8) is 0 Å². The van der Waals surface area contributed by atoms with Crippen LogP contribution in [0.4, 0.5) is 0 Å². The Bertz CT molecular complexity index is 654. The minimum absolute atomic E-state index is 0.0406. The summed E-state index contributed by atoms with van der Waals surface area (Å²) in [5.41, 5.74) is 0.573. The lowest BCUT2D eigenvalue weighted by molar-refractivity contribution is -0.147. The molecule has 1 atom stereocenters. The van der Waals surface area contributed by atoms with Crippen molar-refractivity contribution in [3.05, 3.63) is 30.1 Å². The number of nitrogens with zero attached hydrogens (tertiary/aromatic N) is 2. The molecule has 1 aromatic rings. The zero-order valence-electron chi connectivity index (χ0n) is 17.2. The van der Waals surface area contributed by atoms with E-state index in [1.165, 1.54) is 0 Å². The van der Waals surface area contributed by atoms with Gasteiger partial charge in [-0.3, -0.25) is 14.6 Å². The standard InChI is InChI=1S/C22H33N3O3/c1-17(2)15-20(26)25-12-7-22(8-13-25)16-18(6-14-28-22)3-11-24-21(27)19-4-9-23-10-5-19/h4-5,9-10,17-18H,3,6-8,11-16H2,1-2H3,(H,24,27). The average Bonchev–Trinajstić information content (AvgIpc) is 2.69. The maximum atomic E-state index is 12.3. The molecule has 1 aromatic heterocycles. The summed E-state index contributed by atoms with van der Waals surface area (Å²) in [6, 6.07) is 3.46. The van der Waals surface area contributed by atoms with E-state index in [-0.39, 0.29) is 17.4 Å². The number of carbonyl (C=O) groups is 2. The third kappa shape index (κ3) is 5.53. The Balaban J connectivity index is 1.43. The number of piperidine rings is 1. The SMILES string of the molecule is CC(C)CC(=O)N1CCC2(CC1)CC(CCNC(=O)c1ccncc1)CCO2. The molecule has 0 saturated carbocycles. The highest BCUT2D eigenvalue weighted by molar-refractivity contribution is 5.93. The van der Waals surface area contributed by atoms with Gasteiger partial charge in [0.05, 0.1) is 5.60 Å². The van der Waals surface area contributed by atoms with E-state index < -0.39 is 0 Å². The second-order valence-electron chi connectivity index (χ2n) is 8.65. The van der Waals surface area contributed by atoms with Gasteiger partial charge in [-0.15, -0.1) is 0 Å². The first-order chi connectivity index (χ1) is 13.5. The fraction of sp³-hybridized carbons (Fsp3) is 0.682. The molecule has 3 rings (SSSR count). The van der Waals surface area contributed by atoms with Gasteiger partial charge in [-0.1, -0.05) is 13.8 Å². The average molecular weight is 388 g/mol. The van der Waals surface area contributed by atoms with Crippen molar-refractivity contribution in [2.75, 3.05) is 26.2 Å². The number of amides is 2. The molecule has 0 bridgehead atoms. The van der Waals surface area contributed by atoms with Gasteiger partial charge in [0.15, 0.2) is 0 Å². The predicted molar refractivity (Wildman–Crippen MR) is 108 cm³/mol. The number of pyridine rings is 1. The summed E-state index contributed by atoms with van der Waals surface area (Å²) in [4.78, 5) is 30.4. The van der Waals surface area contributed by atoms with Crippen molar-refractivity contribution < 1.29 is 14.3 Å². The van der Waals surface area contributed by atoms with Crippen LogP contribution in [-0.4, -0.2) is 53.5 Å². The molecule has 0 radical (unpaired) electrons. The first kappa shape index (κ1) is 20.8. The Kier molecular flexibility index (Phi) is 7.05. The lowest BCUT2D eigenvalue weighted by Crippen LogP contribution is -2.51. The molecule has 1 unspecified atom stereocenters. The first-order valence-electron chi connectivity index (χ1n) is 10.6. The molecule has 154 valence electrons. The molecule has 28 heavy (non-hydrogen) atoms. The van der Waals surface area contributed by atoms with Crippen LogP contribution < -0.4 is 5.32 Å². The molecule has 6 heteroatoms. The molecule has 0 aliphatic carbocycles. The molecule has 1 N–H and O–H groups in total. The van der Waals surface area contributed by atoms with Crippen molar-refractivity contribution in [2.24, 2.45) is 11.8 Å². The van der Waals surface area contributed by atoms with Crippen LogP contribution in [0.25, 0.3) is 0 Å². The van der Waals surface area contributed by atoms with Crippen LogP contribution in [-0.2, 0) is 9.53 Å². The minimum Gasteiger partial charge on any atom is -0.375 e. The van der Waals surface area contributed by atoms with Crippen LogP contribution in [0.15, 0.2) is 24.5 Å². The topological polar surface area (TPSA) is 71.5 Å². The van der Waals surface area contributed by atoms with E-state index in [2.05, 4.69) is 24.1 Å². The van der Waals surface area contributed by atoms with E-state index in [4.69, 9.17) is 4.74 Å². The second kappa shape index (κ2) is 9.50. The zero-order chi connectivity index (χ0) is 20.0. The smallest absolute Gasteiger partial charge is 0.251 e. The first-order valence-corrected chi connectivity index (χ1v) is 10.6. The third-order valence-corrected chi connectivity index (χ3v) is 5.99. The van der Waals surface area contributed by atoms with Gasteiger partial charge in [0.25, 0.3) is 5.91 Å². The lowest BCUT2D eigenvalue weighted by Gasteiger charge is -2.46. The van der Waals surface area contributed by atoms with Gasteiger partial charge in [-0.05, 0) is 56.1 Å². The zero-order valence-corrected chi connectivity index (χ0v) is 17.2. The molecule has 2 saturated heterocycles. The Labute approximate surface area is 168 Å². The summed E-state index contributed by atoms with van der Waals surface area (Å²) in [5, 5.41) is 3.02. The van der Waals surface area contributed by atoms with E-state index in [1.54, 1.807) is 24.5 Å². The molecular weight excluding hydrogens is 354 g/mol. The quantitative estimate of drug-likeness (QED) is 0.814. The normalized spacial score (nSPS) is 21.7. The Morgan fingerprint density at radius 3 is 2.68 bits per heavy atom. The van der Waals surface area contributed by atoms with Crippen LogP contribution in [0.1, 0.15) is 62.7 Å². The van der Waals surface area contributed by atoms with Crippen molar-refractivity contribution >= 4 is 11.8 Å². The molecule has 6 nitrogen and oxygen atoms in total. The summed E-state index contributed by atoms with van der Waals surface area (Å²) in [6.07, 6.45) is 8.80. The summed E-state index contributed by atoms with van der Waals surface area (Å²) >= 11 is 0. The van der Waals surface area contributed by atoms with E-state index in [0.717, 1.165) is 51.8 Å². The van der Waals surface area contributed by atoms with Gasteiger partial charge in [-0.2, -0.15) is 0 Å². The van der Waals surface area contributed by atoms with Crippen LogP contribution >= 0.6 is 0 Å². The Hall–Kier alpha value is -1.95. The van der Waals surface area contributed by atoms with Gasteiger partial charge in [0.1, 0.15) is 0 Å². The van der Waals surface area contributed by atoms with Gasteiger partial charge in [0.2, 0.25) is 5.91 Å². The van der Waals surface area contributed by atoms with Gasteiger partial charge >= 0.3 is 0 Å². The van der Waals surface area contributed by atoms with E-state index in [1.807, 2.05) is 4.90 Å². The number of hydrogen-bond donors (Lipinski definition) is 1. The third-order valence-electron chi connectivity index (χ3n) is 5.99. The van der Waals surface area contributed by atoms with Crippen LogP contribution in [0.2, 0.25) is 0 Å². The number of rotatable bonds is 6. The van der Waals surface area contributed by atoms with Crippen LogP contribution in [0.5, 0.6) is 0 Å². The van der Waals surface area contributed by atoms with Crippen molar-refractivity contribution in [1.82, 2.24) is 15.2 Å². The largest absolute Gasteiger partial charge is 0.375 e. The van der Waals surface area contributed by atoms with Gasteiger partial charge in [-0.25, -0.2) is 0 Å². The molecule has 2 aliphatic heterocycles. The summed E-state index contributed by atoms with van der Waals surface area (Å²) < 4.78 is 6.21. The molecular formula is C22H33N3O3. The maximum Gasteiger partial charge on any atom is 0.251 e. The fourth-order valence-electron chi connectivity index (χ4n) is 4.36. The van der Waals surface area contributed by atoms with Crippen LogP contribution in [0.3, 0.4) is 0 Å². The highest BCUT2D eigenvalue weighted by Crippen LogP contribution is 2.38. The molecule has 2 aliphatic rings. The number of nitrogens with one attached hydrogen (secondary N) is 1. The molecule has 2 amide bonds. The van der Waals surface area contributed by atoms with Crippen LogP contribution in [0, 0.1) is 11.8 Å². The highest BCUT2D eigenvalue weighted by Gasteiger charge is 2.40.